The molecule has 0 saturated heterocycles. The maximum absolute atomic E-state index is 12.9. The van der Waals surface area contributed by atoms with Crippen molar-refractivity contribution in [3.8, 4) is 0 Å². The van der Waals surface area contributed by atoms with E-state index >= 15 is 0 Å². The quantitative estimate of drug-likeness (QED) is 0.0272. The molecule has 0 aliphatic heterocycles. The lowest BCUT2D eigenvalue weighted by atomic mass is 10.0. The number of likely N-dealkylation sites (N-methyl/N-ethyl adjacent to an activating group) is 1. The van der Waals surface area contributed by atoms with E-state index in [4.69, 9.17) is 9.05 Å². The van der Waals surface area contributed by atoms with E-state index in [0.717, 1.165) is 70.6 Å². The molecule has 8 nitrogen and oxygen atoms in total. The highest BCUT2D eigenvalue weighted by Gasteiger charge is 2.24. The second-order valence-electron chi connectivity index (χ2n) is 19.9. The number of nitrogens with one attached hydrogen (secondary N) is 1. The van der Waals surface area contributed by atoms with Crippen LogP contribution in [-0.4, -0.2) is 68.5 Å². The van der Waals surface area contributed by atoms with E-state index in [1.807, 2.05) is 21.1 Å². The highest BCUT2D eigenvalue weighted by Crippen LogP contribution is 2.38. The van der Waals surface area contributed by atoms with Crippen molar-refractivity contribution in [2.24, 2.45) is 0 Å². The molecule has 0 spiro atoms. The van der Waals surface area contributed by atoms with E-state index in [9.17, 15) is 19.4 Å². The molecule has 0 heterocycles. The van der Waals surface area contributed by atoms with Crippen molar-refractivity contribution in [3.63, 3.8) is 0 Å². The lowest BCUT2D eigenvalue weighted by molar-refractivity contribution is -0.870. The molecular weight excluding hydrogens is 840 g/mol. The third kappa shape index (κ3) is 50.1. The molecular formula is C57H107N2O6P. The molecule has 386 valence electrons. The smallest absolute Gasteiger partial charge is 0.268 e. The number of phosphoric acid groups is 1. The van der Waals surface area contributed by atoms with E-state index in [0.29, 0.717) is 23.9 Å². The van der Waals surface area contributed by atoms with Crippen LogP contribution in [0, 0.1) is 0 Å². The summed E-state index contributed by atoms with van der Waals surface area (Å²) in [5.41, 5.74) is 0. The average Bonchev–Trinajstić information content (AvgIpc) is 3.28. The van der Waals surface area contributed by atoms with Crippen LogP contribution in [0.1, 0.15) is 245 Å². The number of phosphoric ester groups is 1. The number of allylic oxidation sites excluding steroid dienone is 10. The molecule has 0 aromatic rings. The third-order valence-electron chi connectivity index (χ3n) is 12.3. The number of carbonyl (C=O) groups excluding carboxylic acids is 1. The summed E-state index contributed by atoms with van der Waals surface area (Å²) >= 11 is 0. The first kappa shape index (κ1) is 64.2. The molecule has 0 aliphatic carbocycles. The number of hydrogen-bond donors (Lipinski definition) is 2. The summed E-state index contributed by atoms with van der Waals surface area (Å²) in [5, 5.41) is 13.8. The van der Waals surface area contributed by atoms with E-state index < -0.39 is 20.0 Å². The standard InChI is InChI=1S/C57H107N2O6P/c1-6-8-10-12-14-15-16-17-18-19-20-21-22-23-24-25-26-27-28-29-30-31-32-33-34-35-36-37-38-39-40-41-42-43-45-47-49-51-57(61)58-55(56(60)50-48-46-44-13-11-9-7-2)54-65-66(62,63)64-53-52-59(3,4)5/h8,10,14-15,17-18,20-21,23-24,55-56,60H,6-7,9,11-13,16,19,22,25-54H2,1-5H3,(H-,58,61,62,63)/b10-8-,15-14-,18-17-,21-20-,24-23-. The largest absolute Gasteiger partial charge is 0.756 e. The second-order valence-corrected chi connectivity index (χ2v) is 21.3. The zero-order chi connectivity index (χ0) is 48.5. The van der Waals surface area contributed by atoms with Crippen LogP contribution in [0.5, 0.6) is 0 Å². The summed E-state index contributed by atoms with van der Waals surface area (Å²) in [6.45, 7) is 4.56. The Bertz CT molecular complexity index is 1260. The van der Waals surface area contributed by atoms with Crippen molar-refractivity contribution in [1.29, 1.82) is 0 Å². The second kappa shape index (κ2) is 48.2. The van der Waals surface area contributed by atoms with Gasteiger partial charge in [0.05, 0.1) is 39.9 Å². The van der Waals surface area contributed by atoms with Gasteiger partial charge in [0.25, 0.3) is 7.82 Å². The summed E-state index contributed by atoms with van der Waals surface area (Å²) in [6.07, 6.45) is 64.4. The molecule has 0 aromatic carbocycles. The van der Waals surface area contributed by atoms with Gasteiger partial charge in [0.1, 0.15) is 13.2 Å². The molecule has 2 N–H and O–H groups in total. The van der Waals surface area contributed by atoms with E-state index in [1.54, 1.807) is 0 Å². The van der Waals surface area contributed by atoms with Gasteiger partial charge in [0.2, 0.25) is 5.91 Å². The van der Waals surface area contributed by atoms with Crippen LogP contribution in [0.15, 0.2) is 60.8 Å². The molecule has 0 bridgehead atoms. The maximum atomic E-state index is 12.9. The van der Waals surface area contributed by atoms with Gasteiger partial charge >= 0.3 is 0 Å². The van der Waals surface area contributed by atoms with Crippen molar-refractivity contribution in [3.05, 3.63) is 60.8 Å². The number of nitrogens with zero attached hydrogens (tertiary/aromatic N) is 1. The van der Waals surface area contributed by atoms with E-state index in [1.165, 1.54) is 148 Å². The van der Waals surface area contributed by atoms with Gasteiger partial charge in [0.15, 0.2) is 0 Å². The van der Waals surface area contributed by atoms with Crippen molar-refractivity contribution >= 4 is 13.7 Å². The molecule has 1 amide bonds. The number of aliphatic hydroxyl groups is 1. The van der Waals surface area contributed by atoms with Gasteiger partial charge in [-0.3, -0.25) is 9.36 Å². The summed E-state index contributed by atoms with van der Waals surface area (Å²) in [7, 11) is 1.31. The number of quaternary nitrogens is 1. The normalized spacial score (nSPS) is 14.5. The minimum atomic E-state index is -4.56. The molecule has 0 fully saturated rings. The Morgan fingerprint density at radius 3 is 1.35 bits per heavy atom. The zero-order valence-electron chi connectivity index (χ0n) is 43.9. The first-order chi connectivity index (χ1) is 32.0. The topological polar surface area (TPSA) is 108 Å². The highest BCUT2D eigenvalue weighted by molar-refractivity contribution is 7.45. The minimum Gasteiger partial charge on any atom is -0.756 e. The molecule has 3 unspecified atom stereocenters. The van der Waals surface area contributed by atoms with Gasteiger partial charge in [-0.2, -0.15) is 0 Å². The lowest BCUT2D eigenvalue weighted by Gasteiger charge is -2.30. The van der Waals surface area contributed by atoms with Gasteiger partial charge in [0, 0.05) is 6.42 Å². The monoisotopic (exact) mass is 947 g/mol. The van der Waals surface area contributed by atoms with Crippen molar-refractivity contribution < 1.29 is 32.9 Å². The van der Waals surface area contributed by atoms with Crippen LogP contribution in [0.4, 0.5) is 0 Å². The molecule has 0 radical (unpaired) electrons. The Morgan fingerprint density at radius 1 is 0.545 bits per heavy atom. The van der Waals surface area contributed by atoms with Gasteiger partial charge in [-0.15, -0.1) is 0 Å². The van der Waals surface area contributed by atoms with Gasteiger partial charge in [-0.25, -0.2) is 0 Å². The van der Waals surface area contributed by atoms with E-state index in [2.05, 4.69) is 79.9 Å². The van der Waals surface area contributed by atoms with Crippen molar-refractivity contribution in [2.75, 3.05) is 40.9 Å². The molecule has 0 rings (SSSR count). The number of aliphatic hydroxyl groups excluding tert-OH is 1. The predicted molar refractivity (Wildman–Crippen MR) is 284 cm³/mol. The molecule has 9 heteroatoms. The summed E-state index contributed by atoms with van der Waals surface area (Å²) in [6, 6.07) is -0.797. The van der Waals surface area contributed by atoms with Crippen LogP contribution in [-0.2, 0) is 18.4 Å². The number of unbranched alkanes of at least 4 members (excludes halogenated alkanes) is 27. The highest BCUT2D eigenvalue weighted by atomic mass is 31.2. The molecule has 3 atom stereocenters. The lowest BCUT2D eigenvalue weighted by Crippen LogP contribution is -2.46. The first-order valence-electron chi connectivity index (χ1n) is 27.6. The zero-order valence-corrected chi connectivity index (χ0v) is 44.8. The molecule has 0 aromatic heterocycles. The van der Waals surface area contributed by atoms with E-state index in [-0.39, 0.29) is 19.1 Å². The Morgan fingerprint density at radius 2 is 0.924 bits per heavy atom. The van der Waals surface area contributed by atoms with Crippen LogP contribution < -0.4 is 10.2 Å². The third-order valence-corrected chi connectivity index (χ3v) is 13.2. The SMILES string of the molecule is CC/C=C\C/C=C\C/C=C\C/C=C\C/C=C\CCCCCCCCCCCCCCCCCCCCCCCC(=O)NC(COP(=O)([O-])OCC[N+](C)(C)C)C(O)CCCCCCCCC. The van der Waals surface area contributed by atoms with Gasteiger partial charge in [-0.1, -0.05) is 242 Å². The number of rotatable bonds is 50. The summed E-state index contributed by atoms with van der Waals surface area (Å²) < 4.78 is 23.2. The first-order valence-corrected chi connectivity index (χ1v) is 29.1. The van der Waals surface area contributed by atoms with Crippen molar-refractivity contribution in [1.82, 2.24) is 5.32 Å². The minimum absolute atomic E-state index is 0.0120. The number of carbonyl (C=O) groups is 1. The molecule has 66 heavy (non-hydrogen) atoms. The summed E-state index contributed by atoms with van der Waals surface area (Å²) in [5.74, 6) is -0.167. The average molecular weight is 947 g/mol. The Hall–Kier alpha value is -1.80. The molecule has 0 aliphatic rings. The Labute approximate surface area is 409 Å². The van der Waals surface area contributed by atoms with Crippen LogP contribution in [0.25, 0.3) is 0 Å². The van der Waals surface area contributed by atoms with Gasteiger partial charge < -0.3 is 28.8 Å². The number of amides is 1. The maximum Gasteiger partial charge on any atom is 0.268 e. The fourth-order valence-electron chi connectivity index (χ4n) is 7.95. The Kier molecular flexibility index (Phi) is 46.9. The fourth-order valence-corrected chi connectivity index (χ4v) is 8.67. The van der Waals surface area contributed by atoms with Gasteiger partial charge in [-0.05, 0) is 57.8 Å². The van der Waals surface area contributed by atoms with Crippen molar-refractivity contribution in [2.45, 2.75) is 257 Å². The summed E-state index contributed by atoms with van der Waals surface area (Å²) in [4.78, 5) is 25.3. The van der Waals surface area contributed by atoms with Crippen LogP contribution in [0.2, 0.25) is 0 Å². The molecule has 0 saturated carbocycles. The van der Waals surface area contributed by atoms with Crippen LogP contribution in [0.3, 0.4) is 0 Å². The van der Waals surface area contributed by atoms with Crippen LogP contribution >= 0.6 is 7.82 Å². The number of hydrogen-bond acceptors (Lipinski definition) is 6. The fraction of sp³-hybridized carbons (Fsp3) is 0.807. The Balaban J connectivity index is 3.80. The predicted octanol–water partition coefficient (Wildman–Crippen LogP) is 15.9.